The lowest BCUT2D eigenvalue weighted by molar-refractivity contribution is -0.0501. The molecule has 1 aromatic heterocycles. The highest BCUT2D eigenvalue weighted by Crippen LogP contribution is 2.44. The molecule has 0 bridgehead atoms. The predicted octanol–water partition coefficient (Wildman–Crippen LogP) is 2.39. The molecule has 0 saturated carbocycles. The van der Waals surface area contributed by atoms with Gasteiger partial charge in [-0.2, -0.15) is 21.6 Å². The van der Waals surface area contributed by atoms with Crippen LogP contribution in [-0.2, 0) is 26.8 Å². The van der Waals surface area contributed by atoms with Crippen LogP contribution in [0.1, 0.15) is 39.3 Å². The van der Waals surface area contributed by atoms with Crippen molar-refractivity contribution in [2.45, 2.75) is 56.7 Å². The monoisotopic (exact) mass is 411 g/mol. The molecule has 1 fully saturated rings. The zero-order chi connectivity index (χ0) is 20.3. The molecule has 1 spiro atoms. The van der Waals surface area contributed by atoms with Gasteiger partial charge in [-0.3, -0.25) is 4.68 Å². The highest BCUT2D eigenvalue weighted by molar-refractivity contribution is 7.87. The Morgan fingerprint density at radius 2 is 1.85 bits per heavy atom. The van der Waals surface area contributed by atoms with E-state index < -0.39 is 38.6 Å². The summed E-state index contributed by atoms with van der Waals surface area (Å²) >= 11 is 0. The Labute approximate surface area is 154 Å². The number of amides is 1. The van der Waals surface area contributed by atoms with Crippen molar-refractivity contribution in [3.8, 4) is 5.88 Å². The van der Waals surface area contributed by atoms with Crippen molar-refractivity contribution >= 4 is 16.2 Å². The zero-order valence-electron chi connectivity index (χ0n) is 15.0. The van der Waals surface area contributed by atoms with Crippen LogP contribution in [-0.4, -0.2) is 53.4 Å². The first-order valence-corrected chi connectivity index (χ1v) is 9.70. The summed E-state index contributed by atoms with van der Waals surface area (Å²) in [5, 5.41) is 3.82. The summed E-state index contributed by atoms with van der Waals surface area (Å²) in [6.07, 6.45) is 0.748. The fourth-order valence-electron chi connectivity index (χ4n) is 3.41. The van der Waals surface area contributed by atoms with E-state index in [2.05, 4.69) is 9.28 Å². The van der Waals surface area contributed by atoms with Crippen molar-refractivity contribution in [2.75, 3.05) is 13.1 Å². The number of nitrogens with zero attached hydrogens (tertiary/aromatic N) is 3. The normalized spacial score (nSPS) is 23.0. The number of ether oxygens (including phenoxy) is 1. The fraction of sp³-hybridized carbons (Fsp3) is 0.733. The van der Waals surface area contributed by atoms with E-state index in [4.69, 9.17) is 4.74 Å². The maximum absolute atomic E-state index is 12.5. The standard InChI is InChI=1S/C15H20F3N3O5S/c1-13(2,3)25-12(22)20-6-4-14(9-20)5-7-21-10(14)8-11(19-21)26-27(23,24)15(16,17)18/h8H,4-7,9H2,1-3H3/t14-/m1/s1. The van der Waals surface area contributed by atoms with Crippen LogP contribution in [0.25, 0.3) is 0 Å². The van der Waals surface area contributed by atoms with E-state index in [-0.39, 0.29) is 0 Å². The first kappa shape index (κ1) is 19.8. The molecule has 8 nitrogen and oxygen atoms in total. The summed E-state index contributed by atoms with van der Waals surface area (Å²) in [6, 6.07) is 1.20. The lowest BCUT2D eigenvalue weighted by Gasteiger charge is -2.26. The van der Waals surface area contributed by atoms with Crippen molar-refractivity contribution in [3.05, 3.63) is 11.8 Å². The number of rotatable bonds is 2. The Bertz CT molecular complexity index is 859. The van der Waals surface area contributed by atoms with Crippen molar-refractivity contribution in [1.82, 2.24) is 14.7 Å². The molecule has 2 aliphatic heterocycles. The maximum atomic E-state index is 12.5. The number of halogens is 3. The summed E-state index contributed by atoms with van der Waals surface area (Å²) < 4.78 is 70.7. The molecule has 1 aromatic rings. The molecule has 2 aliphatic rings. The van der Waals surface area contributed by atoms with Gasteiger partial charge in [0.2, 0.25) is 0 Å². The van der Waals surface area contributed by atoms with Gasteiger partial charge in [0.05, 0.1) is 5.69 Å². The first-order valence-electron chi connectivity index (χ1n) is 8.30. The van der Waals surface area contributed by atoms with Crippen LogP contribution in [0.3, 0.4) is 0 Å². The Kier molecular flexibility index (Phi) is 4.40. The van der Waals surface area contributed by atoms with Gasteiger partial charge >= 0.3 is 21.7 Å². The number of likely N-dealkylation sites (tertiary alicyclic amines) is 1. The van der Waals surface area contributed by atoms with Gasteiger partial charge < -0.3 is 13.8 Å². The Balaban J connectivity index is 1.78. The van der Waals surface area contributed by atoms with E-state index in [1.165, 1.54) is 10.7 Å². The minimum Gasteiger partial charge on any atom is -0.444 e. The van der Waals surface area contributed by atoms with Crippen LogP contribution < -0.4 is 4.18 Å². The number of hydrogen-bond acceptors (Lipinski definition) is 6. The van der Waals surface area contributed by atoms with Gasteiger partial charge in [0.15, 0.2) is 0 Å². The summed E-state index contributed by atoms with van der Waals surface area (Å²) in [5.41, 5.74) is -6.12. The van der Waals surface area contributed by atoms with Gasteiger partial charge in [-0.15, -0.1) is 5.10 Å². The largest absolute Gasteiger partial charge is 0.534 e. The molecule has 1 atom stereocenters. The number of hydrogen-bond donors (Lipinski definition) is 0. The van der Waals surface area contributed by atoms with Gasteiger partial charge in [0, 0.05) is 31.1 Å². The van der Waals surface area contributed by atoms with Crippen LogP contribution in [0.15, 0.2) is 6.07 Å². The molecule has 0 unspecified atom stereocenters. The molecule has 12 heteroatoms. The van der Waals surface area contributed by atoms with Gasteiger partial charge in [-0.05, 0) is 33.6 Å². The Morgan fingerprint density at radius 1 is 1.22 bits per heavy atom. The molecule has 0 N–H and O–H groups in total. The van der Waals surface area contributed by atoms with Crippen LogP contribution >= 0.6 is 0 Å². The third-order valence-electron chi connectivity index (χ3n) is 4.59. The topological polar surface area (TPSA) is 90.7 Å². The van der Waals surface area contributed by atoms with Crippen LogP contribution in [0, 0.1) is 0 Å². The summed E-state index contributed by atoms with van der Waals surface area (Å²) in [7, 11) is -5.78. The molecule has 0 aliphatic carbocycles. The number of fused-ring (bicyclic) bond motifs is 2. The number of aromatic nitrogens is 2. The Hall–Kier alpha value is -1.98. The van der Waals surface area contributed by atoms with Crippen LogP contribution in [0.5, 0.6) is 5.88 Å². The lowest BCUT2D eigenvalue weighted by atomic mass is 9.83. The molecular weight excluding hydrogens is 391 g/mol. The van der Waals surface area contributed by atoms with Gasteiger partial charge in [0.1, 0.15) is 5.60 Å². The quantitative estimate of drug-likeness (QED) is 0.548. The SMILES string of the molecule is CC(C)(C)OC(=O)N1CC[C@@]2(CCn3nc(OS(=O)(=O)C(F)(F)F)cc32)C1. The van der Waals surface area contributed by atoms with E-state index >= 15 is 0 Å². The van der Waals surface area contributed by atoms with E-state index in [1.807, 2.05) is 0 Å². The summed E-state index contributed by atoms with van der Waals surface area (Å²) in [5.74, 6) is -0.628. The highest BCUT2D eigenvalue weighted by atomic mass is 32.2. The second-order valence-electron chi connectivity index (χ2n) is 7.76. The third-order valence-corrected chi connectivity index (χ3v) is 5.54. The molecule has 152 valence electrons. The van der Waals surface area contributed by atoms with Crippen molar-refractivity contribution in [1.29, 1.82) is 0 Å². The van der Waals surface area contributed by atoms with Crippen molar-refractivity contribution in [2.24, 2.45) is 0 Å². The highest BCUT2D eigenvalue weighted by Gasteiger charge is 2.51. The number of carbonyl (C=O) groups is 1. The van der Waals surface area contributed by atoms with E-state index in [1.54, 1.807) is 25.7 Å². The molecule has 3 rings (SSSR count). The zero-order valence-corrected chi connectivity index (χ0v) is 15.9. The Morgan fingerprint density at radius 3 is 2.44 bits per heavy atom. The van der Waals surface area contributed by atoms with Gasteiger partial charge in [-0.25, -0.2) is 4.79 Å². The minimum atomic E-state index is -5.78. The van der Waals surface area contributed by atoms with Crippen molar-refractivity contribution in [3.63, 3.8) is 0 Å². The third kappa shape index (κ3) is 3.71. The molecule has 1 saturated heterocycles. The minimum absolute atomic E-state index is 0.319. The molecule has 1 amide bonds. The maximum Gasteiger partial charge on any atom is 0.534 e. The van der Waals surface area contributed by atoms with E-state index in [0.29, 0.717) is 38.2 Å². The molecule has 0 aromatic carbocycles. The molecule has 27 heavy (non-hydrogen) atoms. The number of aryl methyl sites for hydroxylation is 1. The lowest BCUT2D eigenvalue weighted by Crippen LogP contribution is -2.37. The second-order valence-corrected chi connectivity index (χ2v) is 9.29. The molecule has 3 heterocycles. The average molecular weight is 411 g/mol. The molecular formula is C15H20F3N3O5S. The van der Waals surface area contributed by atoms with E-state index in [0.717, 1.165) is 0 Å². The van der Waals surface area contributed by atoms with Crippen LogP contribution in [0.2, 0.25) is 0 Å². The van der Waals surface area contributed by atoms with Crippen molar-refractivity contribution < 1.29 is 35.3 Å². The fourth-order valence-corrected chi connectivity index (χ4v) is 3.81. The van der Waals surface area contributed by atoms with Gasteiger partial charge in [0.25, 0.3) is 5.88 Å². The summed E-state index contributed by atoms with van der Waals surface area (Å²) in [4.78, 5) is 13.8. The van der Waals surface area contributed by atoms with Gasteiger partial charge in [-0.1, -0.05) is 0 Å². The van der Waals surface area contributed by atoms with Crippen LogP contribution in [0.4, 0.5) is 18.0 Å². The summed E-state index contributed by atoms with van der Waals surface area (Å²) in [6.45, 7) is 6.41. The average Bonchev–Trinajstić information content (AvgIpc) is 3.13. The number of carbonyl (C=O) groups excluding carboxylic acids is 1. The predicted molar refractivity (Wildman–Crippen MR) is 86.5 cm³/mol. The number of alkyl halides is 3. The smallest absolute Gasteiger partial charge is 0.444 e. The first-order chi connectivity index (χ1) is 12.2. The molecule has 0 radical (unpaired) electrons. The van der Waals surface area contributed by atoms with E-state index in [9.17, 15) is 26.4 Å². The second kappa shape index (κ2) is 6.01.